The maximum atomic E-state index is 13.7. The van der Waals surface area contributed by atoms with E-state index in [9.17, 15) is 24.0 Å². The van der Waals surface area contributed by atoms with Crippen LogP contribution >= 0.6 is 23.1 Å². The minimum atomic E-state index is -0.648. The van der Waals surface area contributed by atoms with E-state index in [1.54, 1.807) is 86.5 Å². The fraction of sp³-hybridized carbons (Fsp3) is 0.225. The maximum Gasteiger partial charge on any atom is 0.410 e. The smallest absolute Gasteiger partial charge is 0.410 e. The van der Waals surface area contributed by atoms with Gasteiger partial charge in [-0.25, -0.2) is 9.59 Å². The molecule has 0 saturated heterocycles. The molecular weight excluding hydrogens is 727 g/mol. The zero-order valence-corrected chi connectivity index (χ0v) is 31.7. The number of ether oxygens (including phenoxy) is 2. The van der Waals surface area contributed by atoms with Gasteiger partial charge in [0.05, 0.1) is 25.0 Å². The quantitative estimate of drug-likeness (QED) is 0.0649. The molecule has 2 aromatic heterocycles. The van der Waals surface area contributed by atoms with Crippen molar-refractivity contribution in [3.8, 4) is 0 Å². The Morgan fingerprint density at radius 1 is 0.963 bits per heavy atom. The molecular formula is C40H39N5O7S2. The number of anilines is 2. The Hall–Kier alpha value is -5.86. The Bertz CT molecular complexity index is 2260. The van der Waals surface area contributed by atoms with Crippen LogP contribution in [0.25, 0.3) is 17.0 Å². The van der Waals surface area contributed by atoms with Crippen molar-refractivity contribution in [1.29, 1.82) is 0 Å². The summed E-state index contributed by atoms with van der Waals surface area (Å²) in [6.07, 6.45) is 3.36. The van der Waals surface area contributed by atoms with Crippen molar-refractivity contribution in [2.75, 3.05) is 30.0 Å². The Balaban J connectivity index is 1.13. The molecule has 4 amide bonds. The second kappa shape index (κ2) is 16.4. The number of carbonyl (C=O) groups excluding carboxylic acids is 5. The molecule has 0 unspecified atom stereocenters. The molecule has 0 fully saturated rings. The first-order chi connectivity index (χ1) is 25.9. The van der Waals surface area contributed by atoms with E-state index in [0.29, 0.717) is 39.7 Å². The number of carbonyl (C=O) groups is 5. The van der Waals surface area contributed by atoms with Gasteiger partial charge >= 0.3 is 12.1 Å². The number of thioether (sulfide) groups is 1. The number of hydrogen-bond acceptors (Lipinski definition) is 9. The van der Waals surface area contributed by atoms with Crippen LogP contribution in [0.2, 0.25) is 0 Å². The highest BCUT2D eigenvalue weighted by Gasteiger charge is 2.32. The molecule has 0 atom stereocenters. The first-order valence-electron chi connectivity index (χ1n) is 17.1. The Morgan fingerprint density at radius 2 is 1.72 bits per heavy atom. The third-order valence-corrected chi connectivity index (χ3v) is 10.4. The molecule has 3 aromatic carbocycles. The molecule has 6 rings (SSSR count). The van der Waals surface area contributed by atoms with Gasteiger partial charge in [0.25, 0.3) is 11.8 Å². The van der Waals surface area contributed by atoms with E-state index in [-0.39, 0.29) is 23.9 Å². The fourth-order valence-electron chi connectivity index (χ4n) is 5.78. The Labute approximate surface area is 320 Å². The van der Waals surface area contributed by atoms with Gasteiger partial charge in [-0.05, 0) is 75.2 Å². The Kier molecular flexibility index (Phi) is 11.5. The number of aromatic amines is 1. The van der Waals surface area contributed by atoms with E-state index in [2.05, 4.69) is 20.9 Å². The van der Waals surface area contributed by atoms with Crippen molar-refractivity contribution in [3.63, 3.8) is 0 Å². The number of benzene rings is 3. The van der Waals surface area contributed by atoms with Crippen LogP contribution in [0.1, 0.15) is 57.5 Å². The summed E-state index contributed by atoms with van der Waals surface area (Å²) in [7, 11) is 1.29. The predicted octanol–water partition coefficient (Wildman–Crippen LogP) is 7.45. The molecule has 4 N–H and O–H groups in total. The van der Waals surface area contributed by atoms with E-state index < -0.39 is 29.5 Å². The summed E-state index contributed by atoms with van der Waals surface area (Å²) >= 11 is 2.48. The van der Waals surface area contributed by atoms with Gasteiger partial charge in [0.1, 0.15) is 16.3 Å². The average Bonchev–Trinajstić information content (AvgIpc) is 3.73. The lowest BCUT2D eigenvalue weighted by Gasteiger charge is -2.30. The number of nitrogens with one attached hydrogen (secondary N) is 4. The molecule has 0 radical (unpaired) electrons. The first-order valence-corrected chi connectivity index (χ1v) is 18.9. The van der Waals surface area contributed by atoms with Crippen LogP contribution in [-0.2, 0) is 32.0 Å². The summed E-state index contributed by atoms with van der Waals surface area (Å²) in [5.74, 6) is -1.89. The maximum absolute atomic E-state index is 13.7. The number of rotatable bonds is 10. The van der Waals surface area contributed by atoms with Crippen molar-refractivity contribution in [2.45, 2.75) is 44.2 Å². The number of para-hydroxylation sites is 1. The zero-order chi connectivity index (χ0) is 38.4. The lowest BCUT2D eigenvalue weighted by molar-refractivity contribution is -0.114. The lowest BCUT2D eigenvalue weighted by atomic mass is 10.0. The number of fused-ring (bicyclic) bond motifs is 2. The second-order valence-electron chi connectivity index (χ2n) is 13.3. The van der Waals surface area contributed by atoms with Crippen LogP contribution in [0, 0.1) is 0 Å². The zero-order valence-electron chi connectivity index (χ0n) is 30.1. The molecule has 14 heteroatoms. The van der Waals surface area contributed by atoms with Gasteiger partial charge in [-0.2, -0.15) is 0 Å². The van der Waals surface area contributed by atoms with Gasteiger partial charge in [0.15, 0.2) is 0 Å². The highest BCUT2D eigenvalue weighted by Crippen LogP contribution is 2.38. The van der Waals surface area contributed by atoms with E-state index >= 15 is 0 Å². The van der Waals surface area contributed by atoms with Crippen LogP contribution in [0.15, 0.2) is 95.7 Å². The van der Waals surface area contributed by atoms with Crippen LogP contribution in [0.3, 0.4) is 0 Å². The molecule has 0 saturated carbocycles. The van der Waals surface area contributed by atoms with Gasteiger partial charge < -0.3 is 35.3 Å². The van der Waals surface area contributed by atoms with Crippen LogP contribution < -0.4 is 16.0 Å². The molecule has 3 heterocycles. The van der Waals surface area contributed by atoms with Gasteiger partial charge in [0.2, 0.25) is 5.91 Å². The monoisotopic (exact) mass is 765 g/mol. The highest BCUT2D eigenvalue weighted by molar-refractivity contribution is 8.00. The van der Waals surface area contributed by atoms with Crippen molar-refractivity contribution in [2.24, 2.45) is 0 Å². The predicted molar refractivity (Wildman–Crippen MR) is 211 cm³/mol. The SMILES string of the molecule is COC(=O)c1c(NC(=O)CSc2cccc(NC(=O)/C(=C/c3c[nH]c4ccccc34)NC(=O)c3ccccc3)c2)sc2c1CCN(C(=O)OC(C)(C)C)C2. The van der Waals surface area contributed by atoms with E-state index in [0.717, 1.165) is 26.9 Å². The van der Waals surface area contributed by atoms with Crippen LogP contribution in [0.5, 0.6) is 0 Å². The van der Waals surface area contributed by atoms with Gasteiger partial charge in [0, 0.05) is 50.2 Å². The Morgan fingerprint density at radius 3 is 2.48 bits per heavy atom. The number of H-pyrrole nitrogens is 1. The van der Waals surface area contributed by atoms with E-state index in [1.807, 2.05) is 30.3 Å². The molecule has 12 nitrogen and oxygen atoms in total. The first kappa shape index (κ1) is 37.9. The van der Waals surface area contributed by atoms with Crippen molar-refractivity contribution in [3.05, 3.63) is 118 Å². The summed E-state index contributed by atoms with van der Waals surface area (Å²) in [4.78, 5) is 71.9. The molecule has 5 aromatic rings. The second-order valence-corrected chi connectivity index (χ2v) is 15.5. The average molecular weight is 766 g/mol. The normalized spacial score (nSPS) is 12.8. The molecule has 0 aliphatic carbocycles. The third kappa shape index (κ3) is 9.19. The molecule has 1 aliphatic rings. The third-order valence-electron chi connectivity index (χ3n) is 8.26. The molecule has 1 aliphatic heterocycles. The summed E-state index contributed by atoms with van der Waals surface area (Å²) in [6, 6.07) is 23.3. The molecule has 0 spiro atoms. The summed E-state index contributed by atoms with van der Waals surface area (Å²) in [6.45, 7) is 6.01. The largest absolute Gasteiger partial charge is 0.465 e. The standard InChI is InChI=1S/C40H39N5O7S2/c1-40(2,3)52-39(50)45-18-17-29-32(22-45)54-37(34(29)38(49)51-4)44-33(46)23-53-27-14-10-13-26(20-27)42-36(48)31(43-35(47)24-11-6-5-7-12-24)19-25-21-41-30-16-9-8-15-28(25)30/h5-16,19-21,41H,17-18,22-23H2,1-4H3,(H,42,48)(H,43,47)(H,44,46)/b31-19-. The number of aromatic nitrogens is 1. The fourth-order valence-corrected chi connectivity index (χ4v) is 7.80. The van der Waals surface area contributed by atoms with E-state index in [4.69, 9.17) is 9.47 Å². The van der Waals surface area contributed by atoms with Crippen LogP contribution in [-0.4, -0.2) is 64.7 Å². The molecule has 54 heavy (non-hydrogen) atoms. The minimum absolute atomic E-state index is 0.00343. The number of nitrogens with zero attached hydrogens (tertiary/aromatic N) is 1. The van der Waals surface area contributed by atoms with Gasteiger partial charge in [-0.1, -0.05) is 42.5 Å². The van der Waals surface area contributed by atoms with Crippen molar-refractivity contribution in [1.82, 2.24) is 15.2 Å². The van der Waals surface area contributed by atoms with E-state index in [1.165, 1.54) is 30.2 Å². The van der Waals surface area contributed by atoms with Gasteiger partial charge in [-0.15, -0.1) is 23.1 Å². The minimum Gasteiger partial charge on any atom is -0.465 e. The highest BCUT2D eigenvalue weighted by atomic mass is 32.2. The van der Waals surface area contributed by atoms with Gasteiger partial charge in [-0.3, -0.25) is 14.4 Å². The van der Waals surface area contributed by atoms with Crippen molar-refractivity contribution < 1.29 is 33.4 Å². The number of amides is 4. The summed E-state index contributed by atoms with van der Waals surface area (Å²) in [5, 5.41) is 9.75. The number of hydrogen-bond donors (Lipinski definition) is 4. The van der Waals surface area contributed by atoms with Crippen molar-refractivity contribution >= 4 is 80.6 Å². The number of methoxy groups -OCH3 is 1. The summed E-state index contributed by atoms with van der Waals surface area (Å²) < 4.78 is 10.6. The lowest BCUT2D eigenvalue weighted by Crippen LogP contribution is -2.39. The summed E-state index contributed by atoms with van der Waals surface area (Å²) in [5.41, 5.74) is 2.90. The number of esters is 1. The molecule has 0 bridgehead atoms. The topological polar surface area (TPSA) is 159 Å². The van der Waals surface area contributed by atoms with Crippen LogP contribution in [0.4, 0.5) is 15.5 Å². The molecule has 278 valence electrons. The number of thiophene rings is 1.